The van der Waals surface area contributed by atoms with Gasteiger partial charge in [-0.15, -0.1) is 12.4 Å². The molecule has 1 aromatic rings. The standard InChI is InChI=1S/C11H17NO.ClH/c1-9-3-5-10(6-4-9)7-11(2,12)8-13;/h3-6,13H,7-8,12H2,1-2H3;1H. The zero-order valence-corrected chi connectivity index (χ0v) is 9.47. The van der Waals surface area contributed by atoms with Crippen molar-refractivity contribution in [3.8, 4) is 0 Å². The van der Waals surface area contributed by atoms with Crippen LogP contribution in [0.1, 0.15) is 18.1 Å². The van der Waals surface area contributed by atoms with E-state index in [1.165, 1.54) is 11.1 Å². The Balaban J connectivity index is 0.00000169. The van der Waals surface area contributed by atoms with Crippen LogP contribution < -0.4 is 5.73 Å². The molecule has 3 N–H and O–H groups in total. The number of aryl methyl sites for hydroxylation is 1. The van der Waals surface area contributed by atoms with E-state index in [4.69, 9.17) is 10.8 Å². The maximum atomic E-state index is 8.98. The Bertz CT molecular complexity index is 269. The average molecular weight is 216 g/mol. The van der Waals surface area contributed by atoms with E-state index in [1.54, 1.807) is 0 Å². The van der Waals surface area contributed by atoms with Crippen LogP contribution in [0.3, 0.4) is 0 Å². The van der Waals surface area contributed by atoms with Crippen molar-refractivity contribution in [2.45, 2.75) is 25.8 Å². The molecule has 14 heavy (non-hydrogen) atoms. The molecule has 0 saturated heterocycles. The van der Waals surface area contributed by atoms with Gasteiger partial charge in [-0.2, -0.15) is 0 Å². The van der Waals surface area contributed by atoms with E-state index in [1.807, 2.05) is 6.92 Å². The lowest BCUT2D eigenvalue weighted by Crippen LogP contribution is -2.42. The van der Waals surface area contributed by atoms with Gasteiger partial charge < -0.3 is 10.8 Å². The monoisotopic (exact) mass is 215 g/mol. The highest BCUT2D eigenvalue weighted by atomic mass is 35.5. The van der Waals surface area contributed by atoms with Crippen molar-refractivity contribution >= 4 is 12.4 Å². The van der Waals surface area contributed by atoms with Crippen LogP contribution in [0.2, 0.25) is 0 Å². The molecule has 0 bridgehead atoms. The first-order valence-electron chi connectivity index (χ1n) is 4.49. The fourth-order valence-corrected chi connectivity index (χ4v) is 1.23. The molecule has 2 nitrogen and oxygen atoms in total. The SMILES string of the molecule is Cc1ccc(CC(C)(N)CO)cc1.Cl. The van der Waals surface area contributed by atoms with Gasteiger partial charge in [-0.3, -0.25) is 0 Å². The third kappa shape index (κ3) is 4.09. The molecule has 0 saturated carbocycles. The van der Waals surface area contributed by atoms with E-state index >= 15 is 0 Å². The maximum Gasteiger partial charge on any atom is 0.0611 e. The smallest absolute Gasteiger partial charge is 0.0611 e. The normalized spacial score (nSPS) is 14.3. The zero-order chi connectivity index (χ0) is 9.90. The summed E-state index contributed by atoms with van der Waals surface area (Å²) in [4.78, 5) is 0. The molecule has 0 aliphatic carbocycles. The van der Waals surface area contributed by atoms with Crippen LogP contribution in [0.4, 0.5) is 0 Å². The topological polar surface area (TPSA) is 46.2 Å². The Morgan fingerprint density at radius 1 is 1.29 bits per heavy atom. The van der Waals surface area contributed by atoms with Crippen molar-refractivity contribution in [2.24, 2.45) is 5.73 Å². The Labute approximate surface area is 91.5 Å². The van der Waals surface area contributed by atoms with Gasteiger partial charge in [0.1, 0.15) is 0 Å². The third-order valence-corrected chi connectivity index (χ3v) is 2.09. The first-order chi connectivity index (χ1) is 6.03. The molecule has 0 radical (unpaired) electrons. The summed E-state index contributed by atoms with van der Waals surface area (Å²) in [6.07, 6.45) is 0.712. The molecular weight excluding hydrogens is 198 g/mol. The van der Waals surface area contributed by atoms with Crippen LogP contribution in [0.15, 0.2) is 24.3 Å². The van der Waals surface area contributed by atoms with Crippen molar-refractivity contribution in [3.63, 3.8) is 0 Å². The summed E-state index contributed by atoms with van der Waals surface area (Å²) in [5, 5.41) is 8.98. The number of benzene rings is 1. The second-order valence-corrected chi connectivity index (χ2v) is 3.97. The largest absolute Gasteiger partial charge is 0.394 e. The highest BCUT2D eigenvalue weighted by molar-refractivity contribution is 5.85. The van der Waals surface area contributed by atoms with Gasteiger partial charge in [0, 0.05) is 5.54 Å². The summed E-state index contributed by atoms with van der Waals surface area (Å²) >= 11 is 0. The summed E-state index contributed by atoms with van der Waals surface area (Å²) in [5.41, 5.74) is 7.74. The third-order valence-electron chi connectivity index (χ3n) is 2.09. The zero-order valence-electron chi connectivity index (χ0n) is 8.66. The fraction of sp³-hybridized carbons (Fsp3) is 0.455. The van der Waals surface area contributed by atoms with Crippen LogP contribution in [-0.2, 0) is 6.42 Å². The number of aliphatic hydroxyl groups excluding tert-OH is 1. The summed E-state index contributed by atoms with van der Waals surface area (Å²) in [6.45, 7) is 3.92. The Morgan fingerprint density at radius 2 is 1.79 bits per heavy atom. The lowest BCUT2D eigenvalue weighted by Gasteiger charge is -2.21. The molecule has 1 unspecified atom stereocenters. The van der Waals surface area contributed by atoms with Crippen molar-refractivity contribution < 1.29 is 5.11 Å². The molecule has 0 aliphatic rings. The van der Waals surface area contributed by atoms with E-state index in [0.29, 0.717) is 6.42 Å². The summed E-state index contributed by atoms with van der Waals surface area (Å²) in [7, 11) is 0. The Morgan fingerprint density at radius 3 is 2.21 bits per heavy atom. The second-order valence-electron chi connectivity index (χ2n) is 3.97. The summed E-state index contributed by atoms with van der Waals surface area (Å²) < 4.78 is 0. The molecule has 1 atom stereocenters. The first-order valence-corrected chi connectivity index (χ1v) is 4.49. The molecule has 1 aromatic carbocycles. The van der Waals surface area contributed by atoms with E-state index in [2.05, 4.69) is 31.2 Å². The van der Waals surface area contributed by atoms with Crippen LogP contribution >= 0.6 is 12.4 Å². The van der Waals surface area contributed by atoms with Gasteiger partial charge in [-0.1, -0.05) is 29.8 Å². The number of rotatable bonds is 3. The minimum absolute atomic E-state index is 0. The molecule has 0 aliphatic heterocycles. The summed E-state index contributed by atoms with van der Waals surface area (Å²) in [6, 6.07) is 8.22. The van der Waals surface area contributed by atoms with Gasteiger partial charge in [0.2, 0.25) is 0 Å². The van der Waals surface area contributed by atoms with Crippen molar-refractivity contribution in [1.82, 2.24) is 0 Å². The highest BCUT2D eigenvalue weighted by Crippen LogP contribution is 2.10. The van der Waals surface area contributed by atoms with Gasteiger partial charge in [0.15, 0.2) is 0 Å². The molecule has 0 amide bonds. The lowest BCUT2D eigenvalue weighted by molar-refractivity contribution is 0.208. The van der Waals surface area contributed by atoms with E-state index in [-0.39, 0.29) is 19.0 Å². The molecule has 0 aromatic heterocycles. The van der Waals surface area contributed by atoms with Gasteiger partial charge in [0.05, 0.1) is 6.61 Å². The molecule has 1 rings (SSSR count). The Hall–Kier alpha value is -0.570. The van der Waals surface area contributed by atoms with Gasteiger partial charge in [-0.05, 0) is 25.8 Å². The van der Waals surface area contributed by atoms with E-state index in [9.17, 15) is 0 Å². The lowest BCUT2D eigenvalue weighted by atomic mass is 9.94. The molecule has 0 spiro atoms. The molecule has 3 heteroatoms. The van der Waals surface area contributed by atoms with Crippen LogP contribution in [0.25, 0.3) is 0 Å². The predicted octanol–water partition coefficient (Wildman–Crippen LogP) is 1.67. The van der Waals surface area contributed by atoms with E-state index < -0.39 is 5.54 Å². The van der Waals surface area contributed by atoms with Gasteiger partial charge in [0.25, 0.3) is 0 Å². The minimum atomic E-state index is -0.505. The highest BCUT2D eigenvalue weighted by Gasteiger charge is 2.16. The van der Waals surface area contributed by atoms with Crippen molar-refractivity contribution in [1.29, 1.82) is 0 Å². The Kier molecular flexibility index (Phi) is 5.13. The maximum absolute atomic E-state index is 8.98. The predicted molar refractivity (Wildman–Crippen MR) is 61.8 cm³/mol. The van der Waals surface area contributed by atoms with Crippen molar-refractivity contribution in [3.05, 3.63) is 35.4 Å². The number of hydrogen-bond donors (Lipinski definition) is 2. The van der Waals surface area contributed by atoms with Gasteiger partial charge >= 0.3 is 0 Å². The fourth-order valence-electron chi connectivity index (χ4n) is 1.23. The van der Waals surface area contributed by atoms with Crippen molar-refractivity contribution in [2.75, 3.05) is 6.61 Å². The molecular formula is C11H18ClNO. The molecule has 0 fully saturated rings. The second kappa shape index (κ2) is 5.35. The average Bonchev–Trinajstić information content (AvgIpc) is 2.09. The number of halogens is 1. The van der Waals surface area contributed by atoms with Gasteiger partial charge in [-0.25, -0.2) is 0 Å². The quantitative estimate of drug-likeness (QED) is 0.806. The molecule has 0 heterocycles. The van der Waals surface area contributed by atoms with Crippen LogP contribution in [0, 0.1) is 6.92 Å². The number of nitrogens with two attached hydrogens (primary N) is 1. The van der Waals surface area contributed by atoms with E-state index in [0.717, 1.165) is 0 Å². The van der Waals surface area contributed by atoms with Crippen LogP contribution in [0.5, 0.6) is 0 Å². The first kappa shape index (κ1) is 13.4. The molecule has 80 valence electrons. The number of aliphatic hydroxyl groups is 1. The summed E-state index contributed by atoms with van der Waals surface area (Å²) in [5.74, 6) is 0. The minimum Gasteiger partial charge on any atom is -0.394 e. The van der Waals surface area contributed by atoms with Crippen LogP contribution in [-0.4, -0.2) is 17.3 Å². The number of hydrogen-bond acceptors (Lipinski definition) is 2.